The molecule has 0 radical (unpaired) electrons. The van der Waals surface area contributed by atoms with Crippen LogP contribution in [0.2, 0.25) is 0 Å². The summed E-state index contributed by atoms with van der Waals surface area (Å²) in [6, 6.07) is 15.8. The van der Waals surface area contributed by atoms with E-state index in [0.29, 0.717) is 12.1 Å². The zero-order valence-electron chi connectivity index (χ0n) is 20.3. The number of aromatic amines is 1. The Morgan fingerprint density at radius 1 is 0.971 bits per heavy atom. The molecule has 180 valence electrons. The predicted octanol–water partition coefficient (Wildman–Crippen LogP) is 2.93. The molecule has 1 saturated heterocycles. The highest BCUT2D eigenvalue weighted by atomic mass is 16.2. The van der Waals surface area contributed by atoms with Gasteiger partial charge < -0.3 is 14.8 Å². The molecule has 8 nitrogen and oxygen atoms in total. The largest absolute Gasteiger partial charge is 0.351 e. The molecule has 1 N–H and O–H groups in total. The van der Waals surface area contributed by atoms with Gasteiger partial charge in [-0.2, -0.15) is 0 Å². The van der Waals surface area contributed by atoms with Gasteiger partial charge in [0, 0.05) is 69.0 Å². The van der Waals surface area contributed by atoms with E-state index in [4.69, 9.17) is 4.98 Å². The number of hydrogen-bond donors (Lipinski definition) is 1. The van der Waals surface area contributed by atoms with Gasteiger partial charge in [0.2, 0.25) is 0 Å². The number of aromatic nitrogens is 4. The van der Waals surface area contributed by atoms with Gasteiger partial charge >= 0.3 is 0 Å². The molecule has 0 bridgehead atoms. The maximum Gasteiger partial charge on any atom is 0.270 e. The fourth-order valence-corrected chi connectivity index (χ4v) is 4.42. The quantitative estimate of drug-likeness (QED) is 0.448. The summed E-state index contributed by atoms with van der Waals surface area (Å²) >= 11 is 0. The Morgan fingerprint density at radius 2 is 1.83 bits per heavy atom. The van der Waals surface area contributed by atoms with Crippen molar-refractivity contribution >= 4 is 16.8 Å². The molecule has 8 heteroatoms. The summed E-state index contributed by atoms with van der Waals surface area (Å²) in [5, 5.41) is 1.02. The van der Waals surface area contributed by atoms with E-state index in [2.05, 4.69) is 51.0 Å². The molecule has 3 aromatic heterocycles. The molecule has 35 heavy (non-hydrogen) atoms. The third-order valence-electron chi connectivity index (χ3n) is 6.43. The third-order valence-corrected chi connectivity index (χ3v) is 6.43. The Hall–Kier alpha value is -3.62. The molecule has 0 spiro atoms. The van der Waals surface area contributed by atoms with E-state index in [1.165, 1.54) is 0 Å². The average molecular weight is 470 g/mol. The Morgan fingerprint density at radius 3 is 2.60 bits per heavy atom. The van der Waals surface area contributed by atoms with Crippen molar-refractivity contribution in [3.8, 4) is 11.4 Å². The number of rotatable bonds is 7. The first-order valence-corrected chi connectivity index (χ1v) is 12.1. The highest BCUT2D eigenvalue weighted by molar-refractivity contribution is 5.98. The molecule has 4 aromatic rings. The van der Waals surface area contributed by atoms with Gasteiger partial charge in [-0.25, -0.2) is 9.97 Å². The lowest BCUT2D eigenvalue weighted by Crippen LogP contribution is -2.50. The van der Waals surface area contributed by atoms with Crippen molar-refractivity contribution in [3.63, 3.8) is 0 Å². The maximum absolute atomic E-state index is 13.1. The lowest BCUT2D eigenvalue weighted by Gasteiger charge is -2.35. The minimum absolute atomic E-state index is 0.0707. The highest BCUT2D eigenvalue weighted by Crippen LogP contribution is 2.21. The third kappa shape index (κ3) is 5.55. The van der Waals surface area contributed by atoms with Crippen molar-refractivity contribution in [1.82, 2.24) is 34.6 Å². The zero-order valence-corrected chi connectivity index (χ0v) is 20.3. The number of carbonyl (C=O) groups is 1. The Kier molecular flexibility index (Phi) is 6.83. The van der Waals surface area contributed by atoms with Crippen molar-refractivity contribution in [2.24, 2.45) is 0 Å². The number of piperazine rings is 1. The van der Waals surface area contributed by atoms with E-state index in [-0.39, 0.29) is 5.91 Å². The number of pyridine rings is 1. The van der Waals surface area contributed by atoms with Gasteiger partial charge in [0.1, 0.15) is 11.5 Å². The summed E-state index contributed by atoms with van der Waals surface area (Å²) < 4.78 is 0. The van der Waals surface area contributed by atoms with Crippen LogP contribution in [0, 0.1) is 0 Å². The summed E-state index contributed by atoms with van der Waals surface area (Å²) in [6.45, 7) is 5.44. The van der Waals surface area contributed by atoms with Crippen LogP contribution in [0.4, 0.5) is 0 Å². The summed E-state index contributed by atoms with van der Waals surface area (Å²) in [5.41, 5.74) is 4.35. The van der Waals surface area contributed by atoms with Crippen LogP contribution >= 0.6 is 0 Å². The van der Waals surface area contributed by atoms with Gasteiger partial charge in [-0.3, -0.25) is 14.7 Å². The van der Waals surface area contributed by atoms with E-state index >= 15 is 0 Å². The van der Waals surface area contributed by atoms with Crippen LogP contribution in [0.1, 0.15) is 21.9 Å². The number of carbonyl (C=O) groups excluding carboxylic acids is 1. The van der Waals surface area contributed by atoms with Gasteiger partial charge in [0.05, 0.1) is 11.4 Å². The molecular weight excluding hydrogens is 438 g/mol. The molecule has 1 aromatic carbocycles. The van der Waals surface area contributed by atoms with E-state index in [9.17, 15) is 4.79 Å². The monoisotopic (exact) mass is 469 g/mol. The van der Waals surface area contributed by atoms with E-state index in [1.807, 2.05) is 41.3 Å². The van der Waals surface area contributed by atoms with Gasteiger partial charge in [-0.15, -0.1) is 0 Å². The minimum atomic E-state index is 0.0707. The molecular formula is C27H31N7O. The molecule has 0 unspecified atom stereocenters. The number of likely N-dealkylation sites (N-methyl/N-ethyl adjacent to an activating group) is 1. The van der Waals surface area contributed by atoms with Gasteiger partial charge in [0.25, 0.3) is 5.91 Å². The van der Waals surface area contributed by atoms with Crippen molar-refractivity contribution in [2.45, 2.75) is 6.42 Å². The second-order valence-corrected chi connectivity index (χ2v) is 9.29. The number of nitrogens with one attached hydrogen (secondary N) is 1. The van der Waals surface area contributed by atoms with Crippen LogP contribution in [0.15, 0.2) is 60.9 Å². The lowest BCUT2D eigenvalue weighted by atomic mass is 10.1. The van der Waals surface area contributed by atoms with Crippen LogP contribution in [0.3, 0.4) is 0 Å². The summed E-state index contributed by atoms with van der Waals surface area (Å²) in [4.78, 5) is 36.5. The first kappa shape index (κ1) is 23.1. The highest BCUT2D eigenvalue weighted by Gasteiger charge is 2.23. The lowest BCUT2D eigenvalue weighted by molar-refractivity contribution is 0.0625. The molecule has 1 aliphatic rings. The van der Waals surface area contributed by atoms with E-state index in [0.717, 1.165) is 72.9 Å². The number of H-pyrrole nitrogens is 1. The average Bonchev–Trinajstić information content (AvgIpc) is 3.31. The number of benzene rings is 1. The fraction of sp³-hybridized carbons (Fsp3) is 0.333. The second kappa shape index (κ2) is 10.3. The fourth-order valence-electron chi connectivity index (χ4n) is 4.42. The standard InChI is InChI=1S/C27H31N7O/c1-32(2)11-12-33-13-15-34(16-14-33)27(35)25-19-21-17-20(6-7-22(21)30-25)18-26-29-10-8-24(31-26)23-5-3-4-9-28-23/h3-10,17,19,30H,11-16,18H2,1-2H3. The van der Waals surface area contributed by atoms with Crippen molar-refractivity contribution in [2.75, 3.05) is 53.4 Å². The number of fused-ring (bicyclic) bond motifs is 1. The van der Waals surface area contributed by atoms with Crippen molar-refractivity contribution < 1.29 is 4.79 Å². The molecule has 0 aliphatic carbocycles. The van der Waals surface area contributed by atoms with Gasteiger partial charge in [0.15, 0.2) is 0 Å². The van der Waals surface area contributed by atoms with Crippen LogP contribution in [0.25, 0.3) is 22.3 Å². The minimum Gasteiger partial charge on any atom is -0.351 e. The Bertz CT molecular complexity index is 1290. The Labute approximate surface area is 205 Å². The number of amides is 1. The van der Waals surface area contributed by atoms with Gasteiger partial charge in [-0.1, -0.05) is 12.1 Å². The zero-order chi connectivity index (χ0) is 24.2. The van der Waals surface area contributed by atoms with Crippen molar-refractivity contribution in [3.05, 3.63) is 78.0 Å². The topological polar surface area (TPSA) is 81.2 Å². The first-order valence-electron chi connectivity index (χ1n) is 12.1. The normalized spacial score (nSPS) is 14.7. The summed E-state index contributed by atoms with van der Waals surface area (Å²) in [6.07, 6.45) is 4.15. The van der Waals surface area contributed by atoms with Crippen molar-refractivity contribution in [1.29, 1.82) is 0 Å². The van der Waals surface area contributed by atoms with Crippen LogP contribution in [-0.2, 0) is 6.42 Å². The van der Waals surface area contributed by atoms with E-state index < -0.39 is 0 Å². The number of hydrogen-bond acceptors (Lipinski definition) is 6. The first-order chi connectivity index (χ1) is 17.0. The smallest absolute Gasteiger partial charge is 0.270 e. The van der Waals surface area contributed by atoms with Crippen LogP contribution in [0.5, 0.6) is 0 Å². The Balaban J connectivity index is 1.26. The SMILES string of the molecule is CN(C)CCN1CCN(C(=O)c2cc3cc(Cc4nccc(-c5ccccn5)n4)ccc3[nH]2)CC1. The molecule has 1 amide bonds. The van der Waals surface area contributed by atoms with Crippen LogP contribution < -0.4 is 0 Å². The summed E-state index contributed by atoms with van der Waals surface area (Å²) in [5.74, 6) is 0.813. The molecule has 5 rings (SSSR count). The second-order valence-electron chi connectivity index (χ2n) is 9.29. The molecule has 0 atom stereocenters. The number of nitrogens with zero attached hydrogens (tertiary/aromatic N) is 6. The molecule has 1 aliphatic heterocycles. The molecule has 1 fully saturated rings. The van der Waals surface area contributed by atoms with E-state index in [1.54, 1.807) is 12.4 Å². The molecule has 0 saturated carbocycles. The maximum atomic E-state index is 13.1. The summed E-state index contributed by atoms with van der Waals surface area (Å²) in [7, 11) is 4.18. The predicted molar refractivity (Wildman–Crippen MR) is 137 cm³/mol. The van der Waals surface area contributed by atoms with Crippen LogP contribution in [-0.4, -0.2) is 93.9 Å². The van der Waals surface area contributed by atoms with Gasteiger partial charge in [-0.05, 0) is 56.1 Å². The molecule has 4 heterocycles.